The first-order chi connectivity index (χ1) is 20.0. The van der Waals surface area contributed by atoms with E-state index in [2.05, 4.69) is 29.5 Å². The monoisotopic (exact) mass is 613 g/mol. The highest BCUT2D eigenvalue weighted by Gasteiger charge is 2.24. The molecule has 0 aromatic rings. The predicted octanol–water partition coefficient (Wildman–Crippen LogP) is 5.58. The maximum absolute atomic E-state index is 12.4. The number of alkyl carbamates (subject to hydrolysis) is 1. The zero-order valence-corrected chi connectivity index (χ0v) is 27.2. The van der Waals surface area contributed by atoms with Crippen molar-refractivity contribution in [2.24, 2.45) is 0 Å². The van der Waals surface area contributed by atoms with E-state index < -0.39 is 42.1 Å². The number of carbonyl (C=O) groups is 5. The van der Waals surface area contributed by atoms with E-state index in [0.717, 1.165) is 31.0 Å². The lowest BCUT2D eigenvalue weighted by Crippen LogP contribution is -2.48. The van der Waals surface area contributed by atoms with Gasteiger partial charge in [-0.05, 0) is 27.2 Å². The van der Waals surface area contributed by atoms with E-state index in [1.807, 2.05) is 0 Å². The van der Waals surface area contributed by atoms with Gasteiger partial charge in [0.25, 0.3) is 0 Å². The van der Waals surface area contributed by atoms with Gasteiger partial charge in [0.1, 0.15) is 24.8 Å². The molecule has 10 nitrogen and oxygen atoms in total. The minimum absolute atomic E-state index is 0.0210. The molecule has 0 aliphatic heterocycles. The SMILES string of the molecule is C=CCOC(=O)[C@H](CSC(=O)CCCCCCCCCCCCCCC)NC(=O)CNC(=O)CNC(=O)OC(C)(C)C. The molecule has 0 radical (unpaired) electrons. The van der Waals surface area contributed by atoms with Gasteiger partial charge in [0.05, 0.1) is 6.54 Å². The molecule has 3 amide bonds. The second-order valence-electron chi connectivity index (χ2n) is 11.3. The molecule has 0 saturated heterocycles. The van der Waals surface area contributed by atoms with Crippen molar-refractivity contribution < 1.29 is 33.4 Å². The van der Waals surface area contributed by atoms with Gasteiger partial charge >= 0.3 is 12.1 Å². The number of esters is 1. The van der Waals surface area contributed by atoms with Crippen molar-refractivity contribution in [2.75, 3.05) is 25.4 Å². The lowest BCUT2D eigenvalue weighted by molar-refractivity contribution is -0.145. The molecule has 0 spiro atoms. The molecule has 0 aromatic carbocycles. The Labute approximate surface area is 257 Å². The molecular formula is C31H55N3O7S. The summed E-state index contributed by atoms with van der Waals surface area (Å²) in [5.74, 6) is -1.91. The van der Waals surface area contributed by atoms with Crippen molar-refractivity contribution in [2.45, 2.75) is 129 Å². The Hall–Kier alpha value is -2.56. The highest BCUT2D eigenvalue weighted by molar-refractivity contribution is 8.13. The third kappa shape index (κ3) is 25.2. The van der Waals surface area contributed by atoms with E-state index >= 15 is 0 Å². The van der Waals surface area contributed by atoms with Gasteiger partial charge in [-0.15, -0.1) is 0 Å². The number of amides is 3. The van der Waals surface area contributed by atoms with E-state index in [1.54, 1.807) is 20.8 Å². The van der Waals surface area contributed by atoms with Crippen LogP contribution in [0.5, 0.6) is 0 Å². The Balaban J connectivity index is 4.25. The molecule has 0 saturated carbocycles. The van der Waals surface area contributed by atoms with Crippen LogP contribution in [0.25, 0.3) is 0 Å². The standard InChI is InChI=1S/C31H55N3O7S/c1-6-8-9-10-11-12-13-14-15-16-17-18-19-20-28(37)42-24-25(29(38)40-21-7-2)34-27(36)23-32-26(35)22-33-30(39)41-31(3,4)5/h7,25H,2,6,8-24H2,1,3-5H3,(H,32,35)(H,33,39)(H,34,36)/t25-/m0/s1. The molecular weight excluding hydrogens is 558 g/mol. The van der Waals surface area contributed by atoms with Crippen LogP contribution >= 0.6 is 11.8 Å². The average molecular weight is 614 g/mol. The van der Waals surface area contributed by atoms with Crippen LogP contribution in [-0.4, -0.2) is 66.1 Å². The molecule has 11 heteroatoms. The van der Waals surface area contributed by atoms with E-state index in [4.69, 9.17) is 9.47 Å². The molecule has 0 aliphatic carbocycles. The van der Waals surface area contributed by atoms with Crippen molar-refractivity contribution in [1.29, 1.82) is 0 Å². The van der Waals surface area contributed by atoms with Crippen LogP contribution in [0.4, 0.5) is 4.79 Å². The summed E-state index contributed by atoms with van der Waals surface area (Å²) < 4.78 is 10.1. The average Bonchev–Trinajstić information content (AvgIpc) is 2.93. The van der Waals surface area contributed by atoms with Gasteiger partial charge in [0.15, 0.2) is 5.12 Å². The molecule has 0 fully saturated rings. The van der Waals surface area contributed by atoms with Gasteiger partial charge in [-0.2, -0.15) is 0 Å². The highest BCUT2D eigenvalue weighted by atomic mass is 32.2. The first-order valence-electron chi connectivity index (χ1n) is 15.4. The topological polar surface area (TPSA) is 140 Å². The third-order valence-corrected chi connectivity index (χ3v) is 7.12. The number of thioether (sulfide) groups is 1. The first kappa shape index (κ1) is 39.4. The van der Waals surface area contributed by atoms with E-state index in [9.17, 15) is 24.0 Å². The molecule has 42 heavy (non-hydrogen) atoms. The zero-order chi connectivity index (χ0) is 31.6. The second-order valence-corrected chi connectivity index (χ2v) is 12.4. The summed E-state index contributed by atoms with van der Waals surface area (Å²) in [6, 6.07) is -1.06. The maximum Gasteiger partial charge on any atom is 0.408 e. The first-order valence-corrected chi connectivity index (χ1v) is 16.4. The van der Waals surface area contributed by atoms with E-state index in [-0.39, 0.29) is 24.0 Å². The highest BCUT2D eigenvalue weighted by Crippen LogP contribution is 2.15. The largest absolute Gasteiger partial charge is 0.460 e. The summed E-state index contributed by atoms with van der Waals surface area (Å²) >= 11 is 0.984. The van der Waals surface area contributed by atoms with Crippen LogP contribution in [-0.2, 0) is 28.7 Å². The van der Waals surface area contributed by atoms with Crippen molar-refractivity contribution in [3.05, 3.63) is 12.7 Å². The van der Waals surface area contributed by atoms with E-state index in [1.165, 1.54) is 70.3 Å². The summed E-state index contributed by atoms with van der Waals surface area (Å²) in [6.45, 7) is 9.99. The van der Waals surface area contributed by atoms with Gasteiger partial charge in [0.2, 0.25) is 11.8 Å². The Morgan fingerprint density at radius 3 is 1.83 bits per heavy atom. The molecule has 0 aromatic heterocycles. The normalized spacial score (nSPS) is 11.7. The summed E-state index contributed by atoms with van der Waals surface area (Å²) in [4.78, 5) is 60.7. The second kappa shape index (κ2) is 25.0. The van der Waals surface area contributed by atoms with Crippen molar-refractivity contribution in [3.8, 4) is 0 Å². The summed E-state index contributed by atoms with van der Waals surface area (Å²) in [5, 5.41) is 7.11. The quantitative estimate of drug-likeness (QED) is 0.0728. The number of unbranched alkanes of at least 4 members (excludes halogenated alkanes) is 12. The number of rotatable bonds is 24. The van der Waals surface area contributed by atoms with Crippen LogP contribution in [0.1, 0.15) is 118 Å². The number of carbonyl (C=O) groups excluding carboxylic acids is 5. The molecule has 0 rings (SSSR count). The molecule has 1 atom stereocenters. The Bertz CT molecular complexity index is 815. The molecule has 0 heterocycles. The summed E-state index contributed by atoms with van der Waals surface area (Å²) in [7, 11) is 0. The number of hydrogen-bond acceptors (Lipinski definition) is 8. The van der Waals surface area contributed by atoms with Crippen molar-refractivity contribution >= 4 is 40.8 Å². The Kier molecular flexibility index (Phi) is 23.5. The fourth-order valence-electron chi connectivity index (χ4n) is 3.90. The molecule has 0 bridgehead atoms. The lowest BCUT2D eigenvalue weighted by Gasteiger charge is -2.19. The lowest BCUT2D eigenvalue weighted by atomic mass is 10.0. The number of hydrogen-bond donors (Lipinski definition) is 3. The van der Waals surface area contributed by atoms with Crippen LogP contribution in [0, 0.1) is 0 Å². The van der Waals surface area contributed by atoms with Crippen LogP contribution in [0.3, 0.4) is 0 Å². The van der Waals surface area contributed by atoms with Gasteiger partial charge in [-0.1, -0.05) is 108 Å². The molecule has 0 aliphatic rings. The predicted molar refractivity (Wildman–Crippen MR) is 168 cm³/mol. The van der Waals surface area contributed by atoms with Gasteiger partial charge < -0.3 is 25.4 Å². The van der Waals surface area contributed by atoms with Crippen molar-refractivity contribution in [3.63, 3.8) is 0 Å². The third-order valence-electron chi connectivity index (χ3n) is 6.10. The van der Waals surface area contributed by atoms with Crippen LogP contribution < -0.4 is 16.0 Å². The van der Waals surface area contributed by atoms with Gasteiger partial charge in [-0.3, -0.25) is 14.4 Å². The van der Waals surface area contributed by atoms with Gasteiger partial charge in [-0.25, -0.2) is 9.59 Å². The Morgan fingerprint density at radius 1 is 0.786 bits per heavy atom. The summed E-state index contributed by atoms with van der Waals surface area (Å²) in [6.07, 6.45) is 17.0. The van der Waals surface area contributed by atoms with Gasteiger partial charge in [0, 0.05) is 12.2 Å². The van der Waals surface area contributed by atoms with E-state index in [0.29, 0.717) is 6.42 Å². The number of nitrogens with one attached hydrogen (secondary N) is 3. The molecule has 3 N–H and O–H groups in total. The fourth-order valence-corrected chi connectivity index (χ4v) is 4.76. The minimum atomic E-state index is -1.06. The number of ether oxygens (including phenoxy) is 2. The van der Waals surface area contributed by atoms with Crippen LogP contribution in [0.2, 0.25) is 0 Å². The zero-order valence-electron chi connectivity index (χ0n) is 26.4. The smallest absolute Gasteiger partial charge is 0.408 e. The Morgan fingerprint density at radius 2 is 1.31 bits per heavy atom. The fraction of sp³-hybridized carbons (Fsp3) is 0.774. The maximum atomic E-state index is 12.4. The molecule has 242 valence electrons. The van der Waals surface area contributed by atoms with Crippen LogP contribution in [0.15, 0.2) is 12.7 Å². The molecule has 0 unspecified atom stereocenters. The van der Waals surface area contributed by atoms with Crippen molar-refractivity contribution in [1.82, 2.24) is 16.0 Å². The summed E-state index contributed by atoms with van der Waals surface area (Å²) in [5.41, 5.74) is -0.707. The minimum Gasteiger partial charge on any atom is -0.460 e.